The van der Waals surface area contributed by atoms with Crippen molar-refractivity contribution in [1.82, 2.24) is 4.57 Å². The van der Waals surface area contributed by atoms with Gasteiger partial charge in [-0.05, 0) is 31.9 Å². The maximum atomic E-state index is 11.6. The molecule has 76 valence electrons. The van der Waals surface area contributed by atoms with Gasteiger partial charge in [-0.25, -0.2) is 4.79 Å². The van der Waals surface area contributed by atoms with E-state index in [1.54, 1.807) is 20.9 Å². The van der Waals surface area contributed by atoms with Crippen molar-refractivity contribution in [3.63, 3.8) is 0 Å². The highest BCUT2D eigenvalue weighted by atomic mass is 16.4. The molecular weight excluding hydrogens is 182 g/mol. The fourth-order valence-corrected chi connectivity index (χ4v) is 1.44. The fraction of sp³-hybridized carbons (Fsp3) is 0.400. The van der Waals surface area contributed by atoms with Crippen molar-refractivity contribution in [1.29, 1.82) is 0 Å². The molecule has 1 heterocycles. The third-order valence-corrected chi connectivity index (χ3v) is 2.72. The van der Waals surface area contributed by atoms with Crippen molar-refractivity contribution < 1.29 is 9.90 Å². The second-order valence-corrected chi connectivity index (χ2v) is 3.38. The van der Waals surface area contributed by atoms with Gasteiger partial charge in [0, 0.05) is 12.7 Å². The SMILES string of the molecule is Cc1c(C)c(C)n(C)c(=O)c1C(=O)O. The molecule has 0 aliphatic heterocycles. The number of hydrogen-bond donors (Lipinski definition) is 1. The molecule has 0 aliphatic rings. The van der Waals surface area contributed by atoms with Crippen LogP contribution in [0, 0.1) is 20.8 Å². The fourth-order valence-electron chi connectivity index (χ4n) is 1.44. The summed E-state index contributed by atoms with van der Waals surface area (Å²) in [4.78, 5) is 22.4. The molecule has 0 atom stereocenters. The Hall–Kier alpha value is -1.58. The molecule has 1 N–H and O–H groups in total. The summed E-state index contributed by atoms with van der Waals surface area (Å²) >= 11 is 0. The Bertz CT molecular complexity index is 457. The van der Waals surface area contributed by atoms with E-state index in [-0.39, 0.29) is 5.56 Å². The molecule has 0 radical (unpaired) electrons. The zero-order valence-corrected chi connectivity index (χ0v) is 8.71. The predicted octanol–water partition coefficient (Wildman–Crippen LogP) is 1.01. The van der Waals surface area contributed by atoms with Gasteiger partial charge in [-0.1, -0.05) is 0 Å². The first kappa shape index (κ1) is 10.5. The van der Waals surface area contributed by atoms with Crippen LogP contribution in [0.2, 0.25) is 0 Å². The third-order valence-electron chi connectivity index (χ3n) is 2.72. The van der Waals surface area contributed by atoms with Crippen molar-refractivity contribution in [2.24, 2.45) is 7.05 Å². The molecule has 14 heavy (non-hydrogen) atoms. The molecule has 0 unspecified atom stereocenters. The highest BCUT2D eigenvalue weighted by Gasteiger charge is 2.17. The Morgan fingerprint density at radius 3 is 2.14 bits per heavy atom. The lowest BCUT2D eigenvalue weighted by Crippen LogP contribution is -2.28. The average Bonchev–Trinajstić information content (AvgIpc) is 2.11. The standard InChI is InChI=1S/C10H13NO3/c1-5-6(2)8(10(13)14)9(12)11(4)7(5)3/h1-4H3,(H,13,14). The van der Waals surface area contributed by atoms with Crippen LogP contribution >= 0.6 is 0 Å². The lowest BCUT2D eigenvalue weighted by molar-refractivity contribution is 0.0693. The van der Waals surface area contributed by atoms with Gasteiger partial charge in [0.15, 0.2) is 0 Å². The van der Waals surface area contributed by atoms with Gasteiger partial charge in [-0.15, -0.1) is 0 Å². The highest BCUT2D eigenvalue weighted by Crippen LogP contribution is 2.12. The number of carboxylic acids is 1. The van der Waals surface area contributed by atoms with Crippen LogP contribution in [0.5, 0.6) is 0 Å². The molecule has 1 rings (SSSR count). The Labute approximate surface area is 81.8 Å². The summed E-state index contributed by atoms with van der Waals surface area (Å²) in [5, 5.41) is 8.87. The van der Waals surface area contributed by atoms with E-state index in [1.165, 1.54) is 4.57 Å². The van der Waals surface area contributed by atoms with Crippen LogP contribution in [0.4, 0.5) is 0 Å². The van der Waals surface area contributed by atoms with Crippen LogP contribution in [0.1, 0.15) is 27.2 Å². The summed E-state index contributed by atoms with van der Waals surface area (Å²) in [5.41, 5.74) is 1.63. The first-order chi connectivity index (χ1) is 6.37. The highest BCUT2D eigenvalue weighted by molar-refractivity contribution is 5.89. The molecule has 1 aromatic heterocycles. The maximum absolute atomic E-state index is 11.6. The maximum Gasteiger partial charge on any atom is 0.341 e. The second-order valence-electron chi connectivity index (χ2n) is 3.38. The zero-order chi connectivity index (χ0) is 11.0. The van der Waals surface area contributed by atoms with E-state index in [0.29, 0.717) is 5.56 Å². The van der Waals surface area contributed by atoms with Crippen molar-refractivity contribution >= 4 is 5.97 Å². The minimum atomic E-state index is -1.16. The Kier molecular flexibility index (Phi) is 2.47. The number of carboxylic acid groups (broad SMARTS) is 1. The molecule has 0 saturated heterocycles. The van der Waals surface area contributed by atoms with Crippen molar-refractivity contribution in [2.75, 3.05) is 0 Å². The Balaban J connectivity index is 3.78. The molecular formula is C10H13NO3. The minimum absolute atomic E-state index is 0.129. The first-order valence-electron chi connectivity index (χ1n) is 4.28. The molecule has 0 aromatic carbocycles. The molecule has 0 amide bonds. The van der Waals surface area contributed by atoms with Crippen LogP contribution in [-0.4, -0.2) is 15.6 Å². The average molecular weight is 195 g/mol. The van der Waals surface area contributed by atoms with E-state index in [1.807, 2.05) is 6.92 Å². The van der Waals surface area contributed by atoms with Crippen molar-refractivity contribution in [2.45, 2.75) is 20.8 Å². The van der Waals surface area contributed by atoms with Gasteiger partial charge < -0.3 is 9.67 Å². The monoisotopic (exact) mass is 195 g/mol. The Morgan fingerprint density at radius 2 is 1.71 bits per heavy atom. The summed E-state index contributed by atoms with van der Waals surface area (Å²) in [6.07, 6.45) is 0. The molecule has 0 saturated carbocycles. The van der Waals surface area contributed by atoms with Crippen LogP contribution in [0.25, 0.3) is 0 Å². The van der Waals surface area contributed by atoms with Gasteiger partial charge in [0.25, 0.3) is 5.56 Å². The van der Waals surface area contributed by atoms with E-state index in [9.17, 15) is 9.59 Å². The zero-order valence-electron chi connectivity index (χ0n) is 8.71. The Morgan fingerprint density at radius 1 is 1.21 bits per heavy atom. The number of pyridine rings is 1. The molecule has 1 aromatic rings. The number of hydrogen-bond acceptors (Lipinski definition) is 2. The van der Waals surface area contributed by atoms with Gasteiger partial charge in [0.1, 0.15) is 5.56 Å². The molecule has 0 aliphatic carbocycles. The number of aromatic nitrogens is 1. The predicted molar refractivity (Wildman–Crippen MR) is 52.9 cm³/mol. The van der Waals surface area contributed by atoms with Crippen LogP contribution < -0.4 is 5.56 Å². The quantitative estimate of drug-likeness (QED) is 0.727. The molecule has 0 fully saturated rings. The minimum Gasteiger partial charge on any atom is -0.477 e. The largest absolute Gasteiger partial charge is 0.477 e. The van der Waals surface area contributed by atoms with Gasteiger partial charge in [-0.3, -0.25) is 4.79 Å². The van der Waals surface area contributed by atoms with E-state index < -0.39 is 11.5 Å². The second kappa shape index (κ2) is 3.29. The van der Waals surface area contributed by atoms with Gasteiger partial charge in [0.05, 0.1) is 0 Å². The van der Waals surface area contributed by atoms with Crippen LogP contribution in [0.3, 0.4) is 0 Å². The summed E-state index contributed by atoms with van der Waals surface area (Å²) < 4.78 is 1.37. The van der Waals surface area contributed by atoms with Crippen LogP contribution in [0.15, 0.2) is 4.79 Å². The smallest absolute Gasteiger partial charge is 0.341 e. The van der Waals surface area contributed by atoms with Gasteiger partial charge in [0.2, 0.25) is 0 Å². The van der Waals surface area contributed by atoms with Crippen LogP contribution in [-0.2, 0) is 7.05 Å². The lowest BCUT2D eigenvalue weighted by atomic mass is 10.0. The van der Waals surface area contributed by atoms with E-state index in [2.05, 4.69) is 0 Å². The third kappa shape index (κ3) is 1.32. The van der Waals surface area contributed by atoms with Crippen molar-refractivity contribution in [3.05, 3.63) is 32.7 Å². The summed E-state index contributed by atoms with van der Waals surface area (Å²) in [6.45, 7) is 5.28. The first-order valence-corrected chi connectivity index (χ1v) is 4.28. The normalized spacial score (nSPS) is 10.3. The van der Waals surface area contributed by atoms with Gasteiger partial charge >= 0.3 is 5.97 Å². The number of aromatic carboxylic acids is 1. The molecule has 4 heteroatoms. The van der Waals surface area contributed by atoms with Gasteiger partial charge in [-0.2, -0.15) is 0 Å². The van der Waals surface area contributed by atoms with Crippen molar-refractivity contribution in [3.8, 4) is 0 Å². The van der Waals surface area contributed by atoms with E-state index in [4.69, 9.17) is 5.11 Å². The summed E-state index contributed by atoms with van der Waals surface area (Å²) in [7, 11) is 1.58. The molecule has 0 spiro atoms. The van der Waals surface area contributed by atoms with E-state index >= 15 is 0 Å². The summed E-state index contributed by atoms with van der Waals surface area (Å²) in [5.74, 6) is -1.16. The number of nitrogens with zero attached hydrogens (tertiary/aromatic N) is 1. The summed E-state index contributed by atoms with van der Waals surface area (Å²) in [6, 6.07) is 0. The number of rotatable bonds is 1. The molecule has 0 bridgehead atoms. The molecule has 4 nitrogen and oxygen atoms in total. The topological polar surface area (TPSA) is 59.3 Å². The lowest BCUT2D eigenvalue weighted by Gasteiger charge is -2.12. The number of carbonyl (C=O) groups is 1. The van der Waals surface area contributed by atoms with E-state index in [0.717, 1.165) is 11.3 Å².